The normalized spacial score (nSPS) is 16.1. The fraction of sp³-hybridized carbons (Fsp3) is 0.471. The molecule has 2 N–H and O–H groups in total. The van der Waals surface area contributed by atoms with Crippen molar-refractivity contribution in [3.63, 3.8) is 0 Å². The third-order valence-electron chi connectivity index (χ3n) is 4.32. The Hall–Kier alpha value is -1.81. The van der Waals surface area contributed by atoms with Crippen LogP contribution in [0.5, 0.6) is 0 Å². The van der Waals surface area contributed by atoms with Crippen LogP contribution in [0, 0.1) is 5.92 Å². The predicted octanol–water partition coefficient (Wildman–Crippen LogP) is 3.07. The highest BCUT2D eigenvalue weighted by molar-refractivity contribution is 5.83. The van der Waals surface area contributed by atoms with E-state index in [2.05, 4.69) is 24.0 Å². The molecule has 0 amide bonds. The number of anilines is 2. The van der Waals surface area contributed by atoms with Gasteiger partial charge in [0.25, 0.3) is 0 Å². The van der Waals surface area contributed by atoms with Crippen molar-refractivity contribution >= 4 is 22.4 Å². The molecule has 4 heteroatoms. The number of hydrogen-bond acceptors (Lipinski definition) is 4. The van der Waals surface area contributed by atoms with Crippen LogP contribution in [-0.4, -0.2) is 31.3 Å². The van der Waals surface area contributed by atoms with Crippen molar-refractivity contribution in [3.05, 3.63) is 30.3 Å². The first-order valence-corrected chi connectivity index (χ1v) is 7.61. The molecule has 1 aliphatic carbocycles. The number of benzene rings is 1. The van der Waals surface area contributed by atoms with Crippen LogP contribution in [0.1, 0.15) is 19.8 Å². The minimum Gasteiger partial charge on any atom is -0.399 e. The molecule has 112 valence electrons. The zero-order chi connectivity index (χ0) is 14.8. The van der Waals surface area contributed by atoms with E-state index in [1.54, 1.807) is 7.11 Å². The van der Waals surface area contributed by atoms with E-state index in [1.165, 1.54) is 12.8 Å². The number of ether oxygens (including phenoxy) is 1. The molecule has 2 aromatic rings. The molecule has 0 spiro atoms. The first kappa shape index (κ1) is 14.1. The zero-order valence-corrected chi connectivity index (χ0v) is 12.7. The predicted molar refractivity (Wildman–Crippen MR) is 87.6 cm³/mol. The highest BCUT2D eigenvalue weighted by Crippen LogP contribution is 2.36. The van der Waals surface area contributed by atoms with Crippen LogP contribution in [0.3, 0.4) is 0 Å². The number of methoxy groups -OCH3 is 1. The average molecular weight is 285 g/mol. The largest absolute Gasteiger partial charge is 0.399 e. The van der Waals surface area contributed by atoms with Gasteiger partial charge in [0.2, 0.25) is 0 Å². The van der Waals surface area contributed by atoms with Crippen LogP contribution >= 0.6 is 0 Å². The summed E-state index contributed by atoms with van der Waals surface area (Å²) in [7, 11) is 1.75. The van der Waals surface area contributed by atoms with Gasteiger partial charge in [0.1, 0.15) is 5.82 Å². The third kappa shape index (κ3) is 3.10. The summed E-state index contributed by atoms with van der Waals surface area (Å²) in [6, 6.07) is 10.6. The molecule has 1 atom stereocenters. The lowest BCUT2D eigenvalue weighted by atomic mass is 10.1. The molecule has 0 bridgehead atoms. The van der Waals surface area contributed by atoms with E-state index in [9.17, 15) is 0 Å². The second kappa shape index (κ2) is 5.90. The molecule has 1 aromatic carbocycles. The fourth-order valence-electron chi connectivity index (χ4n) is 2.84. The fourth-order valence-corrected chi connectivity index (χ4v) is 2.84. The molecule has 4 nitrogen and oxygen atoms in total. The highest BCUT2D eigenvalue weighted by Gasteiger charge is 2.32. The molecular weight excluding hydrogens is 262 g/mol. The van der Waals surface area contributed by atoms with Gasteiger partial charge in [-0.05, 0) is 56.0 Å². The number of aromatic nitrogens is 1. The quantitative estimate of drug-likeness (QED) is 0.829. The Bertz CT molecular complexity index is 624. The zero-order valence-electron chi connectivity index (χ0n) is 12.7. The Morgan fingerprint density at radius 1 is 1.33 bits per heavy atom. The molecule has 0 aliphatic heterocycles. The van der Waals surface area contributed by atoms with Crippen LogP contribution in [-0.2, 0) is 4.74 Å². The van der Waals surface area contributed by atoms with Crippen molar-refractivity contribution in [1.29, 1.82) is 0 Å². The summed E-state index contributed by atoms with van der Waals surface area (Å²) in [6.07, 6.45) is 2.66. The van der Waals surface area contributed by atoms with Crippen LogP contribution in [0.25, 0.3) is 10.9 Å². The van der Waals surface area contributed by atoms with Crippen LogP contribution in [0.15, 0.2) is 30.3 Å². The molecule has 1 fully saturated rings. The standard InChI is InChI=1S/C17H23N3O/c1-12(13-3-4-13)20(9-10-21-2)17-8-5-14-11-15(18)6-7-16(14)19-17/h5-8,11-13H,3-4,9-10,18H2,1-2H3. The molecule has 0 radical (unpaired) electrons. The van der Waals surface area contributed by atoms with E-state index in [1.807, 2.05) is 18.2 Å². The lowest BCUT2D eigenvalue weighted by molar-refractivity contribution is 0.202. The number of hydrogen-bond donors (Lipinski definition) is 1. The number of nitrogens with zero attached hydrogens (tertiary/aromatic N) is 2. The molecule has 21 heavy (non-hydrogen) atoms. The van der Waals surface area contributed by atoms with Gasteiger partial charge in [0, 0.05) is 30.8 Å². The second-order valence-corrected chi connectivity index (χ2v) is 5.89. The van der Waals surface area contributed by atoms with E-state index < -0.39 is 0 Å². The van der Waals surface area contributed by atoms with Crippen molar-refractivity contribution in [3.8, 4) is 0 Å². The van der Waals surface area contributed by atoms with Gasteiger partial charge < -0.3 is 15.4 Å². The lowest BCUT2D eigenvalue weighted by Gasteiger charge is -2.30. The topological polar surface area (TPSA) is 51.4 Å². The highest BCUT2D eigenvalue weighted by atomic mass is 16.5. The number of nitrogen functional groups attached to an aromatic ring is 1. The van der Waals surface area contributed by atoms with Crippen molar-refractivity contribution in [1.82, 2.24) is 4.98 Å². The van der Waals surface area contributed by atoms with Gasteiger partial charge >= 0.3 is 0 Å². The van der Waals surface area contributed by atoms with Crippen LogP contribution < -0.4 is 10.6 Å². The molecule has 1 aliphatic rings. The van der Waals surface area contributed by atoms with Gasteiger partial charge in [-0.2, -0.15) is 0 Å². The van der Waals surface area contributed by atoms with E-state index >= 15 is 0 Å². The lowest BCUT2D eigenvalue weighted by Crippen LogP contribution is -2.37. The summed E-state index contributed by atoms with van der Waals surface area (Å²) in [6.45, 7) is 3.89. The number of rotatable bonds is 6. The van der Waals surface area contributed by atoms with Crippen molar-refractivity contribution < 1.29 is 4.74 Å². The molecule has 1 saturated carbocycles. The summed E-state index contributed by atoms with van der Waals surface area (Å²) in [5.41, 5.74) is 7.60. The Kier molecular flexibility index (Phi) is 3.97. The molecular formula is C17H23N3O. The summed E-state index contributed by atoms with van der Waals surface area (Å²) in [5, 5.41) is 1.09. The van der Waals surface area contributed by atoms with E-state index in [0.29, 0.717) is 6.04 Å². The monoisotopic (exact) mass is 285 g/mol. The molecule has 1 unspecified atom stereocenters. The van der Waals surface area contributed by atoms with Gasteiger partial charge in [-0.3, -0.25) is 0 Å². The Morgan fingerprint density at radius 2 is 2.14 bits per heavy atom. The summed E-state index contributed by atoms with van der Waals surface area (Å²) in [5.74, 6) is 1.83. The SMILES string of the molecule is COCCN(c1ccc2cc(N)ccc2n1)C(C)C1CC1. The maximum Gasteiger partial charge on any atom is 0.129 e. The summed E-state index contributed by atoms with van der Waals surface area (Å²) in [4.78, 5) is 7.19. The van der Waals surface area contributed by atoms with Crippen molar-refractivity contribution in [2.24, 2.45) is 5.92 Å². The first-order valence-electron chi connectivity index (χ1n) is 7.61. The smallest absolute Gasteiger partial charge is 0.129 e. The minimum atomic E-state index is 0.513. The van der Waals surface area contributed by atoms with Crippen LogP contribution in [0.4, 0.5) is 11.5 Å². The summed E-state index contributed by atoms with van der Waals surface area (Å²) >= 11 is 0. The van der Waals surface area contributed by atoms with Crippen molar-refractivity contribution in [2.45, 2.75) is 25.8 Å². The van der Waals surface area contributed by atoms with E-state index in [4.69, 9.17) is 15.5 Å². The molecule has 0 saturated heterocycles. The first-order chi connectivity index (χ1) is 10.2. The number of fused-ring (bicyclic) bond motifs is 1. The minimum absolute atomic E-state index is 0.513. The average Bonchev–Trinajstić information content (AvgIpc) is 3.32. The Balaban J connectivity index is 1.91. The van der Waals surface area contributed by atoms with Crippen LogP contribution in [0.2, 0.25) is 0 Å². The Labute approximate surface area is 125 Å². The van der Waals surface area contributed by atoms with Gasteiger partial charge in [-0.25, -0.2) is 4.98 Å². The number of pyridine rings is 1. The van der Waals surface area contributed by atoms with E-state index in [-0.39, 0.29) is 0 Å². The maximum absolute atomic E-state index is 5.83. The second-order valence-electron chi connectivity index (χ2n) is 5.89. The van der Waals surface area contributed by atoms with Crippen molar-refractivity contribution in [2.75, 3.05) is 30.9 Å². The van der Waals surface area contributed by atoms with Gasteiger partial charge in [0.15, 0.2) is 0 Å². The van der Waals surface area contributed by atoms with Gasteiger partial charge in [-0.15, -0.1) is 0 Å². The number of nitrogens with two attached hydrogens (primary N) is 1. The maximum atomic E-state index is 5.83. The summed E-state index contributed by atoms with van der Waals surface area (Å²) < 4.78 is 5.26. The molecule has 1 heterocycles. The third-order valence-corrected chi connectivity index (χ3v) is 4.32. The van der Waals surface area contributed by atoms with E-state index in [0.717, 1.165) is 41.5 Å². The van der Waals surface area contributed by atoms with Gasteiger partial charge in [0.05, 0.1) is 12.1 Å². The molecule has 1 aromatic heterocycles. The Morgan fingerprint density at radius 3 is 2.86 bits per heavy atom. The van der Waals surface area contributed by atoms with Gasteiger partial charge in [-0.1, -0.05) is 0 Å². The molecule has 3 rings (SSSR count).